The molecule has 3 N–H and O–H groups in total. The predicted octanol–water partition coefficient (Wildman–Crippen LogP) is 4.81. The van der Waals surface area contributed by atoms with Crippen LogP contribution < -0.4 is 30.4 Å². The van der Waals surface area contributed by atoms with Crippen molar-refractivity contribution in [1.29, 1.82) is 0 Å². The number of carbonyl (C=O) groups excluding carboxylic acids is 2. The van der Waals surface area contributed by atoms with Gasteiger partial charge < -0.3 is 34.6 Å². The van der Waals surface area contributed by atoms with Gasteiger partial charge in [-0.25, -0.2) is 4.79 Å². The number of methoxy groups -OCH3 is 1. The summed E-state index contributed by atoms with van der Waals surface area (Å²) in [4.78, 5) is 40.5. The number of nitrogens with one attached hydrogen (secondary N) is 3. The quantitative estimate of drug-likeness (QED) is 0.451. The Hall–Kier alpha value is -3.40. The Morgan fingerprint density at radius 3 is 2.48 bits per heavy atom. The van der Waals surface area contributed by atoms with Gasteiger partial charge in [0.25, 0.3) is 11.5 Å². The van der Waals surface area contributed by atoms with Crippen molar-refractivity contribution in [1.82, 2.24) is 15.6 Å². The first-order valence-corrected chi connectivity index (χ1v) is 13.9. The van der Waals surface area contributed by atoms with Crippen LogP contribution in [0.1, 0.15) is 73.6 Å². The van der Waals surface area contributed by atoms with Crippen LogP contribution >= 0.6 is 11.6 Å². The SMILES string of the molecule is COc1cc(C)[nH]c(=O)c1CNC(=O)c1cc(Cl)c2c(c1C)O[C@@H]([C@H]1CC[C@@H](NC(=O)OC(C)(C)C)CC1)CO2. The highest BCUT2D eigenvalue weighted by molar-refractivity contribution is 6.32. The van der Waals surface area contributed by atoms with Crippen molar-refractivity contribution < 1.29 is 28.5 Å². The smallest absolute Gasteiger partial charge is 0.407 e. The third-order valence-corrected chi connectivity index (χ3v) is 7.52. The number of hydrogen-bond acceptors (Lipinski definition) is 7. The number of carbonyl (C=O) groups is 2. The molecule has 2 heterocycles. The number of halogens is 1. The number of H-pyrrole nitrogens is 1. The van der Waals surface area contributed by atoms with Crippen molar-refractivity contribution in [2.24, 2.45) is 5.92 Å². The van der Waals surface area contributed by atoms with E-state index in [1.807, 2.05) is 20.8 Å². The molecule has 1 atom stereocenters. The van der Waals surface area contributed by atoms with E-state index >= 15 is 0 Å². The Labute approximate surface area is 239 Å². The fourth-order valence-corrected chi connectivity index (χ4v) is 5.46. The largest absolute Gasteiger partial charge is 0.496 e. The number of alkyl carbamates (subject to hydrolysis) is 1. The number of hydrogen-bond donors (Lipinski definition) is 3. The van der Waals surface area contributed by atoms with E-state index < -0.39 is 17.6 Å². The summed E-state index contributed by atoms with van der Waals surface area (Å²) in [7, 11) is 1.48. The minimum atomic E-state index is -0.540. The lowest BCUT2D eigenvalue weighted by atomic mass is 9.82. The summed E-state index contributed by atoms with van der Waals surface area (Å²) in [5, 5.41) is 6.04. The Kier molecular flexibility index (Phi) is 8.87. The highest BCUT2D eigenvalue weighted by atomic mass is 35.5. The molecule has 11 heteroatoms. The van der Waals surface area contributed by atoms with E-state index in [1.165, 1.54) is 7.11 Å². The Morgan fingerprint density at radius 2 is 1.82 bits per heavy atom. The van der Waals surface area contributed by atoms with E-state index in [9.17, 15) is 14.4 Å². The Morgan fingerprint density at radius 1 is 1.12 bits per heavy atom. The molecule has 0 saturated heterocycles. The van der Waals surface area contributed by atoms with Gasteiger partial charge in [0.2, 0.25) is 0 Å². The minimum Gasteiger partial charge on any atom is -0.496 e. The van der Waals surface area contributed by atoms with Gasteiger partial charge in [-0.05, 0) is 78.4 Å². The molecule has 4 rings (SSSR count). The molecular weight excluding hydrogens is 538 g/mol. The molecule has 10 nitrogen and oxygen atoms in total. The number of amides is 2. The number of fused-ring (bicyclic) bond motifs is 1. The normalized spacial score (nSPS) is 20.4. The molecule has 0 radical (unpaired) electrons. The van der Waals surface area contributed by atoms with Gasteiger partial charge in [-0.1, -0.05) is 11.6 Å². The molecule has 1 aromatic carbocycles. The van der Waals surface area contributed by atoms with E-state index in [4.69, 9.17) is 30.5 Å². The van der Waals surface area contributed by atoms with Gasteiger partial charge in [0, 0.05) is 22.9 Å². The zero-order chi connectivity index (χ0) is 29.2. The first kappa shape index (κ1) is 29.6. The molecule has 40 heavy (non-hydrogen) atoms. The molecular formula is C29H38ClN3O7. The van der Waals surface area contributed by atoms with Gasteiger partial charge in [0.05, 0.1) is 24.2 Å². The monoisotopic (exact) mass is 575 g/mol. The maximum absolute atomic E-state index is 13.2. The van der Waals surface area contributed by atoms with Crippen LogP contribution in [0.2, 0.25) is 5.02 Å². The Balaban J connectivity index is 1.41. The summed E-state index contributed by atoms with van der Waals surface area (Å²) < 4.78 is 23.1. The lowest BCUT2D eigenvalue weighted by Crippen LogP contribution is -2.44. The summed E-state index contributed by atoms with van der Waals surface area (Å²) >= 11 is 6.51. The lowest BCUT2D eigenvalue weighted by molar-refractivity contribution is 0.0261. The molecule has 0 spiro atoms. The zero-order valence-electron chi connectivity index (χ0n) is 23.9. The molecule has 1 saturated carbocycles. The highest BCUT2D eigenvalue weighted by Crippen LogP contribution is 2.44. The van der Waals surface area contributed by atoms with Crippen LogP contribution in [0.3, 0.4) is 0 Å². The molecule has 0 unspecified atom stereocenters. The second-order valence-electron chi connectivity index (χ2n) is 11.4. The van der Waals surface area contributed by atoms with Gasteiger partial charge in [0.15, 0.2) is 11.5 Å². The summed E-state index contributed by atoms with van der Waals surface area (Å²) in [5.74, 6) is 1.10. The molecule has 1 fully saturated rings. The molecule has 2 amide bonds. The standard InChI is InChI=1S/C29H38ClN3O7/c1-15-11-22(37-6)20(27(35)32-15)13-31-26(34)19-12-21(30)25-24(16(19)2)39-23(14-38-25)17-7-9-18(10-8-17)33-28(36)40-29(3,4)5/h11-12,17-18,23H,7-10,13-14H2,1-6H3,(H,31,34)(H,32,35)(H,33,36)/t17-,18+,23-/m1/s1. The predicted molar refractivity (Wildman–Crippen MR) is 151 cm³/mol. The second-order valence-corrected chi connectivity index (χ2v) is 11.8. The van der Waals surface area contributed by atoms with E-state index in [-0.39, 0.29) is 35.2 Å². The first-order valence-electron chi connectivity index (χ1n) is 13.5. The van der Waals surface area contributed by atoms with Gasteiger partial charge in [-0.3, -0.25) is 9.59 Å². The van der Waals surface area contributed by atoms with E-state index in [1.54, 1.807) is 26.0 Å². The molecule has 1 aliphatic carbocycles. The van der Waals surface area contributed by atoms with Crippen molar-refractivity contribution in [2.75, 3.05) is 13.7 Å². The maximum Gasteiger partial charge on any atom is 0.407 e. The average molecular weight is 576 g/mol. The van der Waals surface area contributed by atoms with E-state index in [2.05, 4.69) is 15.6 Å². The minimum absolute atomic E-state index is 0.0215. The van der Waals surface area contributed by atoms with Crippen LogP contribution in [0, 0.1) is 19.8 Å². The van der Waals surface area contributed by atoms with Crippen LogP contribution in [0.15, 0.2) is 16.9 Å². The van der Waals surface area contributed by atoms with Crippen LogP contribution in [-0.2, 0) is 11.3 Å². The van der Waals surface area contributed by atoms with E-state index in [0.29, 0.717) is 46.2 Å². The van der Waals surface area contributed by atoms with E-state index in [0.717, 1.165) is 25.7 Å². The van der Waals surface area contributed by atoms with Crippen LogP contribution in [0.5, 0.6) is 17.2 Å². The fourth-order valence-electron chi connectivity index (χ4n) is 5.21. The molecule has 1 aliphatic heterocycles. The Bertz CT molecular complexity index is 1330. The number of aromatic amines is 1. The highest BCUT2D eigenvalue weighted by Gasteiger charge is 2.35. The number of aryl methyl sites for hydroxylation is 1. The lowest BCUT2D eigenvalue weighted by Gasteiger charge is -2.37. The second kappa shape index (κ2) is 12.0. The van der Waals surface area contributed by atoms with Gasteiger partial charge in [-0.2, -0.15) is 0 Å². The number of ether oxygens (including phenoxy) is 4. The van der Waals surface area contributed by atoms with Crippen LogP contribution in [-0.4, -0.2) is 48.4 Å². The number of rotatable bonds is 6. The van der Waals surface area contributed by atoms with Crippen molar-refractivity contribution in [2.45, 2.75) is 84.6 Å². The third kappa shape index (κ3) is 6.83. The first-order chi connectivity index (χ1) is 18.9. The summed E-state index contributed by atoms with van der Waals surface area (Å²) in [6.45, 7) is 9.40. The summed E-state index contributed by atoms with van der Waals surface area (Å²) in [6, 6.07) is 3.31. The number of aromatic nitrogens is 1. The molecule has 0 bridgehead atoms. The third-order valence-electron chi connectivity index (χ3n) is 7.24. The van der Waals surface area contributed by atoms with Crippen LogP contribution in [0.4, 0.5) is 4.79 Å². The summed E-state index contributed by atoms with van der Waals surface area (Å²) in [6.07, 6.45) is 2.70. The van der Waals surface area contributed by atoms with Crippen molar-refractivity contribution in [3.05, 3.63) is 49.9 Å². The van der Waals surface area contributed by atoms with Gasteiger partial charge in [-0.15, -0.1) is 0 Å². The van der Waals surface area contributed by atoms with Crippen LogP contribution in [0.25, 0.3) is 0 Å². The molecule has 2 aliphatic rings. The topological polar surface area (TPSA) is 128 Å². The maximum atomic E-state index is 13.2. The summed E-state index contributed by atoms with van der Waals surface area (Å²) in [5.41, 5.74) is 1.05. The zero-order valence-corrected chi connectivity index (χ0v) is 24.6. The number of benzene rings is 1. The van der Waals surface area contributed by atoms with Crippen molar-refractivity contribution in [3.8, 4) is 17.2 Å². The van der Waals surface area contributed by atoms with Crippen molar-refractivity contribution >= 4 is 23.6 Å². The fraction of sp³-hybridized carbons (Fsp3) is 0.552. The van der Waals surface area contributed by atoms with Gasteiger partial charge >= 0.3 is 6.09 Å². The molecule has 1 aromatic heterocycles. The molecule has 2 aromatic rings. The average Bonchev–Trinajstić information content (AvgIpc) is 2.88. The molecule has 218 valence electrons. The van der Waals surface area contributed by atoms with Gasteiger partial charge in [0.1, 0.15) is 24.1 Å². The van der Waals surface area contributed by atoms with Crippen molar-refractivity contribution in [3.63, 3.8) is 0 Å². The number of pyridine rings is 1.